The van der Waals surface area contributed by atoms with Gasteiger partial charge in [-0.15, -0.1) is 5.10 Å². The highest BCUT2D eigenvalue weighted by Gasteiger charge is 2.32. The number of esters is 1. The molecule has 0 aliphatic carbocycles. The van der Waals surface area contributed by atoms with Gasteiger partial charge in [0.1, 0.15) is 0 Å². The fraction of sp³-hybridized carbons (Fsp3) is 0.800. The smallest absolute Gasteiger partial charge is 0.360 e. The molecule has 1 aliphatic rings. The molecule has 21 heavy (non-hydrogen) atoms. The minimum Gasteiger partial charge on any atom is -0.461 e. The van der Waals surface area contributed by atoms with E-state index >= 15 is 0 Å². The summed E-state index contributed by atoms with van der Waals surface area (Å²) in [5, 5.41) is 8.02. The average molecular weight is 295 g/mol. The first kappa shape index (κ1) is 15.9. The van der Waals surface area contributed by atoms with E-state index in [2.05, 4.69) is 24.2 Å². The Bertz CT molecular complexity index is 508. The zero-order valence-electron chi connectivity index (χ0n) is 13.5. The van der Waals surface area contributed by atoms with Crippen molar-refractivity contribution in [3.05, 3.63) is 11.4 Å². The molecule has 0 amide bonds. The monoisotopic (exact) mass is 295 g/mol. The molecule has 1 atom stereocenters. The van der Waals surface area contributed by atoms with Crippen LogP contribution in [0.15, 0.2) is 0 Å². The molecule has 1 aliphatic heterocycles. The van der Waals surface area contributed by atoms with Crippen LogP contribution in [0.4, 0.5) is 0 Å². The molecule has 0 saturated carbocycles. The fourth-order valence-electron chi connectivity index (χ4n) is 2.43. The van der Waals surface area contributed by atoms with Crippen LogP contribution in [0.25, 0.3) is 0 Å². The quantitative estimate of drug-likeness (QED) is 0.780. The Labute approximate surface area is 125 Å². The lowest BCUT2D eigenvalue weighted by Crippen LogP contribution is -2.24. The van der Waals surface area contributed by atoms with Crippen molar-refractivity contribution in [2.45, 2.75) is 65.7 Å². The van der Waals surface area contributed by atoms with E-state index in [1.807, 2.05) is 20.8 Å². The maximum Gasteiger partial charge on any atom is 0.360 e. The van der Waals surface area contributed by atoms with E-state index < -0.39 is 5.97 Å². The van der Waals surface area contributed by atoms with Crippen molar-refractivity contribution < 1.29 is 14.3 Å². The summed E-state index contributed by atoms with van der Waals surface area (Å²) < 4.78 is 12.9. The highest BCUT2D eigenvalue weighted by atomic mass is 16.5. The van der Waals surface area contributed by atoms with Crippen molar-refractivity contribution in [2.24, 2.45) is 5.92 Å². The zero-order valence-corrected chi connectivity index (χ0v) is 13.5. The third kappa shape index (κ3) is 4.03. The van der Waals surface area contributed by atoms with Gasteiger partial charge in [-0.1, -0.05) is 19.1 Å². The van der Waals surface area contributed by atoms with E-state index in [9.17, 15) is 4.79 Å². The van der Waals surface area contributed by atoms with Crippen LogP contribution in [0.1, 0.15) is 56.7 Å². The third-order valence-electron chi connectivity index (χ3n) is 3.65. The zero-order chi connectivity index (χ0) is 15.6. The molecule has 1 fully saturated rings. The maximum absolute atomic E-state index is 12.0. The van der Waals surface area contributed by atoms with E-state index in [1.54, 1.807) is 4.68 Å². The lowest BCUT2D eigenvalue weighted by Gasteiger charge is -2.19. The first-order valence-electron chi connectivity index (χ1n) is 7.53. The highest BCUT2D eigenvalue weighted by Crippen LogP contribution is 2.30. The molecule has 1 unspecified atom stereocenters. The molecule has 6 nitrogen and oxygen atoms in total. The Morgan fingerprint density at radius 2 is 2.24 bits per heavy atom. The van der Waals surface area contributed by atoms with Crippen molar-refractivity contribution in [3.63, 3.8) is 0 Å². The SMILES string of the molecule is Cc1c(C(=O)OCC(C)C)nnn1CC1CCC(C)(C)O1. The Hall–Kier alpha value is -1.43. The average Bonchev–Trinajstić information content (AvgIpc) is 2.91. The van der Waals surface area contributed by atoms with Gasteiger partial charge in [0.15, 0.2) is 5.69 Å². The second-order valence-corrected chi connectivity index (χ2v) is 6.74. The Morgan fingerprint density at radius 1 is 1.52 bits per heavy atom. The second kappa shape index (κ2) is 6.13. The first-order valence-corrected chi connectivity index (χ1v) is 7.53. The van der Waals surface area contributed by atoms with Gasteiger partial charge in [-0.2, -0.15) is 0 Å². The van der Waals surface area contributed by atoms with Crippen LogP contribution in [-0.2, 0) is 16.0 Å². The van der Waals surface area contributed by atoms with Gasteiger partial charge in [-0.25, -0.2) is 9.48 Å². The molecule has 1 saturated heterocycles. The molecular formula is C15H25N3O3. The predicted molar refractivity (Wildman–Crippen MR) is 78.1 cm³/mol. The van der Waals surface area contributed by atoms with Gasteiger partial charge >= 0.3 is 5.97 Å². The van der Waals surface area contributed by atoms with Gasteiger partial charge in [0, 0.05) is 0 Å². The number of rotatable bonds is 5. The Kier molecular flexibility index (Phi) is 4.66. The molecule has 0 N–H and O–H groups in total. The molecule has 0 spiro atoms. The van der Waals surface area contributed by atoms with E-state index in [4.69, 9.17) is 9.47 Å². The molecule has 0 radical (unpaired) electrons. The summed E-state index contributed by atoms with van der Waals surface area (Å²) in [6.07, 6.45) is 2.16. The first-order chi connectivity index (χ1) is 9.78. The number of ether oxygens (including phenoxy) is 2. The summed E-state index contributed by atoms with van der Waals surface area (Å²) in [4.78, 5) is 12.0. The second-order valence-electron chi connectivity index (χ2n) is 6.74. The van der Waals surface area contributed by atoms with Crippen molar-refractivity contribution in [2.75, 3.05) is 6.61 Å². The minimum atomic E-state index is -0.403. The number of carbonyl (C=O) groups is 1. The lowest BCUT2D eigenvalue weighted by atomic mass is 10.1. The molecular weight excluding hydrogens is 270 g/mol. The van der Waals surface area contributed by atoms with Crippen molar-refractivity contribution in [1.29, 1.82) is 0 Å². The highest BCUT2D eigenvalue weighted by molar-refractivity contribution is 5.88. The van der Waals surface area contributed by atoms with Crippen LogP contribution in [-0.4, -0.2) is 39.3 Å². The van der Waals surface area contributed by atoms with Crippen LogP contribution in [0.3, 0.4) is 0 Å². The topological polar surface area (TPSA) is 66.2 Å². The van der Waals surface area contributed by atoms with Crippen LogP contribution < -0.4 is 0 Å². The molecule has 118 valence electrons. The summed E-state index contributed by atoms with van der Waals surface area (Å²) in [6.45, 7) is 11.0. The summed E-state index contributed by atoms with van der Waals surface area (Å²) in [5.74, 6) is -0.0986. The number of hydrogen-bond acceptors (Lipinski definition) is 5. The van der Waals surface area contributed by atoms with Gasteiger partial charge in [-0.05, 0) is 39.5 Å². The van der Waals surface area contributed by atoms with Gasteiger partial charge in [0.25, 0.3) is 0 Å². The minimum absolute atomic E-state index is 0.0713. The van der Waals surface area contributed by atoms with Crippen molar-refractivity contribution in [1.82, 2.24) is 15.0 Å². The molecule has 1 aromatic heterocycles. The fourth-order valence-corrected chi connectivity index (χ4v) is 2.43. The van der Waals surface area contributed by atoms with Gasteiger partial charge in [0.2, 0.25) is 0 Å². The standard InChI is InChI=1S/C15H25N3O3/c1-10(2)9-20-14(19)13-11(3)18(17-16-13)8-12-6-7-15(4,5)21-12/h10,12H,6-9H2,1-5H3. The van der Waals surface area contributed by atoms with E-state index in [1.165, 1.54) is 0 Å². The van der Waals surface area contributed by atoms with Crippen LogP contribution >= 0.6 is 0 Å². The molecule has 0 aromatic carbocycles. The van der Waals surface area contributed by atoms with Crippen molar-refractivity contribution in [3.8, 4) is 0 Å². The predicted octanol–water partition coefficient (Wildman–Crippen LogP) is 2.36. The lowest BCUT2D eigenvalue weighted by molar-refractivity contribution is -0.0234. The summed E-state index contributed by atoms with van der Waals surface area (Å²) >= 11 is 0. The van der Waals surface area contributed by atoms with Gasteiger partial charge < -0.3 is 9.47 Å². The Balaban J connectivity index is 1.99. The third-order valence-corrected chi connectivity index (χ3v) is 3.65. The van der Waals surface area contributed by atoms with Gasteiger partial charge in [0.05, 0.1) is 30.6 Å². The van der Waals surface area contributed by atoms with Crippen molar-refractivity contribution >= 4 is 5.97 Å². The molecule has 2 heterocycles. The summed E-state index contributed by atoms with van der Waals surface area (Å²) in [5.41, 5.74) is 0.961. The van der Waals surface area contributed by atoms with Crippen LogP contribution in [0, 0.1) is 12.8 Å². The largest absolute Gasteiger partial charge is 0.461 e. The van der Waals surface area contributed by atoms with Gasteiger partial charge in [-0.3, -0.25) is 0 Å². The number of nitrogens with zero attached hydrogens (tertiary/aromatic N) is 3. The molecule has 2 rings (SSSR count). The Morgan fingerprint density at radius 3 is 2.81 bits per heavy atom. The molecule has 0 bridgehead atoms. The van der Waals surface area contributed by atoms with Crippen LogP contribution in [0.2, 0.25) is 0 Å². The van der Waals surface area contributed by atoms with Crippen LogP contribution in [0.5, 0.6) is 0 Å². The van der Waals surface area contributed by atoms with E-state index in [-0.39, 0.29) is 11.7 Å². The number of aromatic nitrogens is 3. The van der Waals surface area contributed by atoms with E-state index in [0.717, 1.165) is 18.5 Å². The number of carbonyl (C=O) groups excluding carboxylic acids is 1. The summed E-state index contributed by atoms with van der Waals surface area (Å²) in [7, 11) is 0. The summed E-state index contributed by atoms with van der Waals surface area (Å²) in [6, 6.07) is 0. The molecule has 1 aromatic rings. The molecule has 6 heteroatoms. The van der Waals surface area contributed by atoms with E-state index in [0.29, 0.717) is 24.8 Å². The number of hydrogen-bond donors (Lipinski definition) is 0. The maximum atomic E-state index is 12.0. The normalized spacial score (nSPS) is 21.0.